The van der Waals surface area contributed by atoms with Gasteiger partial charge in [0.25, 0.3) is 11.8 Å². The summed E-state index contributed by atoms with van der Waals surface area (Å²) in [5, 5.41) is 21.6. The Morgan fingerprint density at radius 3 is 2.70 bits per heavy atom. The van der Waals surface area contributed by atoms with Crippen LogP contribution < -0.4 is 10.7 Å². The molecule has 40 heavy (non-hydrogen) atoms. The van der Waals surface area contributed by atoms with Gasteiger partial charge in [-0.25, -0.2) is 14.9 Å². The van der Waals surface area contributed by atoms with Gasteiger partial charge in [0.05, 0.1) is 17.5 Å². The highest BCUT2D eigenvalue weighted by Crippen LogP contribution is 2.36. The summed E-state index contributed by atoms with van der Waals surface area (Å²) in [5.41, 5.74) is 4.57. The van der Waals surface area contributed by atoms with Crippen molar-refractivity contribution in [3.63, 3.8) is 0 Å². The summed E-state index contributed by atoms with van der Waals surface area (Å²) in [6.45, 7) is 0.820. The van der Waals surface area contributed by atoms with E-state index in [2.05, 4.69) is 41.4 Å². The maximum Gasteiger partial charge on any atom is 0.273 e. The molecule has 4 rings (SSSR count). The molecule has 0 saturated heterocycles. The zero-order valence-corrected chi connectivity index (χ0v) is 23.2. The molecule has 0 fully saturated rings. The van der Waals surface area contributed by atoms with Crippen molar-refractivity contribution in [3.8, 4) is 0 Å². The lowest BCUT2D eigenvalue weighted by atomic mass is 10.0. The predicted molar refractivity (Wildman–Crippen MR) is 153 cm³/mol. The Labute approximate surface area is 239 Å². The first-order valence-electron chi connectivity index (χ1n) is 12.1. The lowest BCUT2D eigenvalue weighted by Gasteiger charge is -2.19. The minimum atomic E-state index is -0.597. The van der Waals surface area contributed by atoms with Gasteiger partial charge in [-0.05, 0) is 91.1 Å². The van der Waals surface area contributed by atoms with E-state index >= 15 is 0 Å². The number of amides is 2. The first kappa shape index (κ1) is 28.9. The number of nitrogens with zero attached hydrogens (tertiary/aromatic N) is 5. The van der Waals surface area contributed by atoms with Crippen LogP contribution in [0.1, 0.15) is 43.5 Å². The molecule has 10 nitrogen and oxygen atoms in total. The number of H-pyrrole nitrogens is 1. The standard InChI is InChI=1S/C27H26ClFN8O2S/c1-37(2)12-11-24(40-27-33-35-36-34-27)18-6-4-7-19(14-18)25(38)31-23-10-9-20(28)15-22(23)26(39)32-30-16-17-5-3-8-21(29)13-17/h3-10,13-16,24H,11-12H2,1-2H3,(H,31,38)(H,32,39)(H,33,34,35,36). The molecule has 1 atom stereocenters. The van der Waals surface area contributed by atoms with E-state index in [9.17, 15) is 14.0 Å². The van der Waals surface area contributed by atoms with Gasteiger partial charge in [0.2, 0.25) is 5.16 Å². The van der Waals surface area contributed by atoms with E-state index in [1.54, 1.807) is 24.3 Å². The number of halogens is 2. The zero-order valence-electron chi connectivity index (χ0n) is 21.6. The number of aromatic amines is 1. The largest absolute Gasteiger partial charge is 0.321 e. The molecule has 1 unspecified atom stereocenters. The second kappa shape index (κ2) is 13.8. The highest BCUT2D eigenvalue weighted by atomic mass is 35.5. The second-order valence-corrected chi connectivity index (χ2v) is 10.6. The summed E-state index contributed by atoms with van der Waals surface area (Å²) in [4.78, 5) is 28.2. The third-order valence-corrected chi connectivity index (χ3v) is 7.07. The van der Waals surface area contributed by atoms with Crippen molar-refractivity contribution in [2.24, 2.45) is 5.10 Å². The van der Waals surface area contributed by atoms with Gasteiger partial charge in [-0.3, -0.25) is 9.59 Å². The smallest absolute Gasteiger partial charge is 0.273 e. The molecule has 206 valence electrons. The first-order chi connectivity index (χ1) is 19.3. The fraction of sp³-hybridized carbons (Fsp3) is 0.185. The van der Waals surface area contributed by atoms with Gasteiger partial charge in [0.1, 0.15) is 5.82 Å². The molecular weight excluding hydrogens is 555 g/mol. The molecule has 3 aromatic carbocycles. The van der Waals surface area contributed by atoms with Gasteiger partial charge in [-0.15, -0.1) is 5.10 Å². The van der Waals surface area contributed by atoms with Crippen molar-refractivity contribution in [1.82, 2.24) is 30.9 Å². The number of thioether (sulfide) groups is 1. The van der Waals surface area contributed by atoms with Crippen molar-refractivity contribution in [2.75, 3.05) is 26.0 Å². The Morgan fingerprint density at radius 1 is 1.12 bits per heavy atom. The fourth-order valence-corrected chi connectivity index (χ4v) is 4.83. The SMILES string of the molecule is CN(C)CCC(Sc1nnn[nH]1)c1cccc(C(=O)Nc2ccc(Cl)cc2C(=O)NN=Cc2cccc(F)c2)c1. The quantitative estimate of drug-likeness (QED) is 0.132. The van der Waals surface area contributed by atoms with Gasteiger partial charge >= 0.3 is 0 Å². The van der Waals surface area contributed by atoms with Crippen LogP contribution in [0.3, 0.4) is 0 Å². The summed E-state index contributed by atoms with van der Waals surface area (Å²) >= 11 is 7.61. The van der Waals surface area contributed by atoms with Crippen LogP contribution >= 0.6 is 23.4 Å². The summed E-state index contributed by atoms with van der Waals surface area (Å²) < 4.78 is 13.4. The van der Waals surface area contributed by atoms with Crippen LogP contribution in [0.5, 0.6) is 0 Å². The topological polar surface area (TPSA) is 128 Å². The summed E-state index contributed by atoms with van der Waals surface area (Å²) in [6, 6.07) is 17.6. The molecule has 0 aliphatic carbocycles. The Morgan fingerprint density at radius 2 is 1.95 bits per heavy atom. The molecule has 1 heterocycles. The van der Waals surface area contributed by atoms with Crippen LogP contribution in [-0.4, -0.2) is 64.2 Å². The van der Waals surface area contributed by atoms with Gasteiger partial charge in [-0.2, -0.15) is 5.10 Å². The number of hydrogen-bond acceptors (Lipinski definition) is 8. The van der Waals surface area contributed by atoms with E-state index in [0.717, 1.165) is 18.5 Å². The van der Waals surface area contributed by atoms with Gasteiger partial charge in [0.15, 0.2) is 0 Å². The van der Waals surface area contributed by atoms with Crippen molar-refractivity contribution < 1.29 is 14.0 Å². The minimum Gasteiger partial charge on any atom is -0.321 e. The Kier molecular flexibility index (Phi) is 9.95. The van der Waals surface area contributed by atoms with Gasteiger partial charge in [0, 0.05) is 15.8 Å². The molecule has 13 heteroatoms. The first-order valence-corrected chi connectivity index (χ1v) is 13.4. The third kappa shape index (κ3) is 8.18. The molecule has 0 bridgehead atoms. The number of hydrogen-bond donors (Lipinski definition) is 3. The molecule has 1 aromatic heterocycles. The number of nitrogens with one attached hydrogen (secondary N) is 3. The molecule has 0 radical (unpaired) electrons. The normalized spacial score (nSPS) is 12.0. The van der Waals surface area contributed by atoms with E-state index in [4.69, 9.17) is 11.6 Å². The fourth-order valence-electron chi connectivity index (χ4n) is 3.70. The average Bonchev–Trinajstić information content (AvgIpc) is 3.45. The number of rotatable bonds is 11. The van der Waals surface area contributed by atoms with Crippen LogP contribution in [0.4, 0.5) is 10.1 Å². The second-order valence-electron chi connectivity index (χ2n) is 8.93. The number of benzene rings is 3. The van der Waals surface area contributed by atoms with Crippen molar-refractivity contribution in [2.45, 2.75) is 16.8 Å². The van der Waals surface area contributed by atoms with Gasteiger partial charge < -0.3 is 10.2 Å². The van der Waals surface area contributed by atoms with Crippen LogP contribution in [-0.2, 0) is 0 Å². The van der Waals surface area contributed by atoms with E-state index in [-0.39, 0.29) is 16.5 Å². The maximum absolute atomic E-state index is 13.4. The van der Waals surface area contributed by atoms with Crippen molar-refractivity contribution in [3.05, 3.63) is 99.8 Å². The van der Waals surface area contributed by atoms with E-state index in [0.29, 0.717) is 21.3 Å². The molecule has 2 amide bonds. The molecule has 4 aromatic rings. The average molecular weight is 581 g/mol. The van der Waals surface area contributed by atoms with Crippen LogP contribution in [0.25, 0.3) is 0 Å². The summed E-state index contributed by atoms with van der Waals surface area (Å²) in [7, 11) is 3.99. The highest BCUT2D eigenvalue weighted by Gasteiger charge is 2.19. The van der Waals surface area contributed by atoms with E-state index in [1.165, 1.54) is 42.2 Å². The van der Waals surface area contributed by atoms with Crippen LogP contribution in [0.2, 0.25) is 5.02 Å². The Balaban J connectivity index is 1.50. The summed E-state index contributed by atoms with van der Waals surface area (Å²) in [5.74, 6) is -1.42. The molecule has 0 spiro atoms. The van der Waals surface area contributed by atoms with E-state index in [1.807, 2.05) is 32.3 Å². The Bertz CT molecular complexity index is 1500. The van der Waals surface area contributed by atoms with E-state index < -0.39 is 17.6 Å². The Hall–Kier alpha value is -4.13. The number of carbonyl (C=O) groups excluding carboxylic acids is 2. The molecule has 0 aliphatic rings. The van der Waals surface area contributed by atoms with Crippen LogP contribution in [0.15, 0.2) is 77.0 Å². The summed E-state index contributed by atoms with van der Waals surface area (Å²) in [6.07, 6.45) is 2.11. The predicted octanol–water partition coefficient (Wildman–Crippen LogP) is 4.79. The third-order valence-electron chi connectivity index (χ3n) is 5.64. The number of aromatic nitrogens is 4. The monoisotopic (exact) mass is 580 g/mol. The highest BCUT2D eigenvalue weighted by molar-refractivity contribution is 7.99. The lowest BCUT2D eigenvalue weighted by molar-refractivity contribution is 0.0956. The van der Waals surface area contributed by atoms with Gasteiger partial charge in [-0.1, -0.05) is 47.6 Å². The number of hydrazone groups is 1. The lowest BCUT2D eigenvalue weighted by Crippen LogP contribution is -2.21. The minimum absolute atomic E-state index is 0.0160. The van der Waals surface area contributed by atoms with Crippen molar-refractivity contribution >= 4 is 47.1 Å². The number of carbonyl (C=O) groups is 2. The van der Waals surface area contributed by atoms with Crippen molar-refractivity contribution in [1.29, 1.82) is 0 Å². The molecular formula is C27H26ClFN8O2S. The number of anilines is 1. The maximum atomic E-state index is 13.4. The molecule has 0 aliphatic heterocycles. The number of tetrazole rings is 1. The zero-order chi connectivity index (χ0) is 28.5. The molecule has 3 N–H and O–H groups in total. The van der Waals surface area contributed by atoms with Crippen LogP contribution in [0, 0.1) is 5.82 Å². The molecule has 0 saturated carbocycles.